The van der Waals surface area contributed by atoms with Crippen LogP contribution in [0.3, 0.4) is 0 Å². The van der Waals surface area contributed by atoms with Gasteiger partial charge in [0.15, 0.2) is 0 Å². The molecule has 4 heteroatoms. The lowest BCUT2D eigenvalue weighted by atomic mass is 10.0. The molecule has 1 aromatic rings. The Bertz CT molecular complexity index is 307. The monoisotopic (exact) mass is 222 g/mol. The van der Waals surface area contributed by atoms with Gasteiger partial charge in [0.1, 0.15) is 0 Å². The Morgan fingerprint density at radius 3 is 2.81 bits per heavy atom. The maximum absolute atomic E-state index is 5.64. The highest BCUT2D eigenvalue weighted by atomic mass is 16.5. The number of pyridine rings is 1. The second kappa shape index (κ2) is 5.82. The van der Waals surface area contributed by atoms with Crippen LogP contribution in [0.4, 0.5) is 0 Å². The molecule has 0 spiro atoms. The second-order valence-corrected chi connectivity index (χ2v) is 4.08. The van der Waals surface area contributed by atoms with E-state index in [9.17, 15) is 0 Å². The molecule has 4 nitrogen and oxygen atoms in total. The molecule has 1 aliphatic rings. The first-order valence-corrected chi connectivity index (χ1v) is 5.74. The summed E-state index contributed by atoms with van der Waals surface area (Å²) in [5, 5.41) is 0. The number of rotatable bonds is 4. The third kappa shape index (κ3) is 3.18. The Hall–Kier alpha value is -1.13. The Morgan fingerprint density at radius 2 is 2.19 bits per heavy atom. The van der Waals surface area contributed by atoms with E-state index in [1.54, 1.807) is 6.20 Å². The topological polar surface area (TPSA) is 57.4 Å². The van der Waals surface area contributed by atoms with Crippen LogP contribution in [0.5, 0.6) is 5.88 Å². The van der Waals surface area contributed by atoms with E-state index in [1.807, 2.05) is 12.1 Å². The lowest BCUT2D eigenvalue weighted by molar-refractivity contribution is 0.0490. The average molecular weight is 222 g/mol. The van der Waals surface area contributed by atoms with Crippen molar-refractivity contribution in [3.05, 3.63) is 23.9 Å². The van der Waals surface area contributed by atoms with Crippen LogP contribution in [-0.4, -0.2) is 24.8 Å². The van der Waals surface area contributed by atoms with Gasteiger partial charge in [-0.15, -0.1) is 0 Å². The third-order valence-corrected chi connectivity index (χ3v) is 2.84. The maximum atomic E-state index is 5.64. The lowest BCUT2D eigenvalue weighted by Crippen LogP contribution is -2.21. The van der Waals surface area contributed by atoms with Crippen LogP contribution in [0.1, 0.15) is 18.4 Å². The highest BCUT2D eigenvalue weighted by Crippen LogP contribution is 2.16. The fourth-order valence-electron chi connectivity index (χ4n) is 1.73. The number of nitrogens with zero attached hydrogens (tertiary/aromatic N) is 1. The SMILES string of the molecule is NCc1ccc(OCC2CCOCC2)nc1. The Kier molecular flexibility index (Phi) is 4.13. The molecule has 0 unspecified atom stereocenters. The van der Waals surface area contributed by atoms with E-state index in [2.05, 4.69) is 4.98 Å². The summed E-state index contributed by atoms with van der Waals surface area (Å²) < 4.78 is 10.9. The van der Waals surface area contributed by atoms with Gasteiger partial charge in [-0.05, 0) is 24.3 Å². The molecule has 0 amide bonds. The Labute approximate surface area is 95.8 Å². The molecule has 0 radical (unpaired) electrons. The molecule has 0 saturated carbocycles. The summed E-state index contributed by atoms with van der Waals surface area (Å²) in [4.78, 5) is 4.20. The highest BCUT2D eigenvalue weighted by molar-refractivity contribution is 5.17. The fraction of sp³-hybridized carbons (Fsp3) is 0.583. The molecular formula is C12H18N2O2. The van der Waals surface area contributed by atoms with E-state index >= 15 is 0 Å². The molecule has 2 N–H and O–H groups in total. The molecule has 2 rings (SSSR count). The van der Waals surface area contributed by atoms with Gasteiger partial charge in [-0.25, -0.2) is 4.98 Å². The van der Waals surface area contributed by atoms with Crippen molar-refractivity contribution >= 4 is 0 Å². The summed E-state index contributed by atoms with van der Waals surface area (Å²) in [7, 11) is 0. The predicted molar refractivity (Wildman–Crippen MR) is 61.2 cm³/mol. The molecule has 16 heavy (non-hydrogen) atoms. The zero-order valence-electron chi connectivity index (χ0n) is 9.39. The summed E-state index contributed by atoms with van der Waals surface area (Å²) in [6.45, 7) is 2.96. The summed E-state index contributed by atoms with van der Waals surface area (Å²) in [5.74, 6) is 1.29. The number of nitrogens with two attached hydrogens (primary N) is 1. The van der Waals surface area contributed by atoms with Crippen molar-refractivity contribution in [1.82, 2.24) is 4.98 Å². The van der Waals surface area contributed by atoms with Crippen LogP contribution in [0, 0.1) is 5.92 Å². The summed E-state index contributed by atoms with van der Waals surface area (Å²) in [6.07, 6.45) is 3.93. The molecule has 2 heterocycles. The second-order valence-electron chi connectivity index (χ2n) is 4.08. The van der Waals surface area contributed by atoms with Crippen molar-refractivity contribution in [2.24, 2.45) is 11.7 Å². The molecule has 1 fully saturated rings. The smallest absolute Gasteiger partial charge is 0.213 e. The van der Waals surface area contributed by atoms with E-state index in [-0.39, 0.29) is 0 Å². The number of hydrogen-bond donors (Lipinski definition) is 1. The van der Waals surface area contributed by atoms with Crippen molar-refractivity contribution in [1.29, 1.82) is 0 Å². The first-order valence-electron chi connectivity index (χ1n) is 5.74. The average Bonchev–Trinajstić information content (AvgIpc) is 2.38. The van der Waals surface area contributed by atoms with Crippen LogP contribution in [-0.2, 0) is 11.3 Å². The van der Waals surface area contributed by atoms with Crippen LogP contribution in [0.2, 0.25) is 0 Å². The van der Waals surface area contributed by atoms with Gasteiger partial charge in [0.2, 0.25) is 5.88 Å². The van der Waals surface area contributed by atoms with Crippen LogP contribution in [0.15, 0.2) is 18.3 Å². The van der Waals surface area contributed by atoms with Gasteiger partial charge in [0, 0.05) is 32.0 Å². The van der Waals surface area contributed by atoms with E-state index in [0.29, 0.717) is 18.3 Å². The molecule has 1 aromatic heterocycles. The highest BCUT2D eigenvalue weighted by Gasteiger charge is 2.14. The van der Waals surface area contributed by atoms with Crippen LogP contribution >= 0.6 is 0 Å². The summed E-state index contributed by atoms with van der Waals surface area (Å²) >= 11 is 0. The van der Waals surface area contributed by atoms with Gasteiger partial charge >= 0.3 is 0 Å². The molecule has 0 aliphatic carbocycles. The number of aromatic nitrogens is 1. The third-order valence-electron chi connectivity index (χ3n) is 2.84. The van der Waals surface area contributed by atoms with Gasteiger partial charge < -0.3 is 15.2 Å². The standard InChI is InChI=1S/C12H18N2O2/c13-7-11-1-2-12(14-8-11)16-9-10-3-5-15-6-4-10/h1-2,8,10H,3-7,9,13H2. The van der Waals surface area contributed by atoms with Gasteiger partial charge in [-0.3, -0.25) is 0 Å². The minimum Gasteiger partial charge on any atom is -0.477 e. The predicted octanol–water partition coefficient (Wildman–Crippen LogP) is 1.35. The van der Waals surface area contributed by atoms with E-state index in [0.717, 1.165) is 38.2 Å². The zero-order chi connectivity index (χ0) is 11.2. The number of hydrogen-bond acceptors (Lipinski definition) is 4. The Morgan fingerprint density at radius 1 is 1.38 bits per heavy atom. The Balaban J connectivity index is 1.79. The normalized spacial score (nSPS) is 17.3. The fourth-order valence-corrected chi connectivity index (χ4v) is 1.73. The van der Waals surface area contributed by atoms with Crippen molar-refractivity contribution in [3.63, 3.8) is 0 Å². The molecule has 1 saturated heterocycles. The maximum Gasteiger partial charge on any atom is 0.213 e. The van der Waals surface area contributed by atoms with Gasteiger partial charge in [-0.1, -0.05) is 6.07 Å². The van der Waals surface area contributed by atoms with Crippen molar-refractivity contribution in [3.8, 4) is 5.88 Å². The summed E-state index contributed by atoms with van der Waals surface area (Å²) in [5.41, 5.74) is 6.52. The zero-order valence-corrected chi connectivity index (χ0v) is 9.39. The first kappa shape index (κ1) is 11.4. The molecule has 88 valence electrons. The van der Waals surface area contributed by atoms with E-state index in [1.165, 1.54) is 0 Å². The van der Waals surface area contributed by atoms with Crippen LogP contribution in [0.25, 0.3) is 0 Å². The van der Waals surface area contributed by atoms with Gasteiger partial charge in [0.25, 0.3) is 0 Å². The largest absolute Gasteiger partial charge is 0.477 e. The van der Waals surface area contributed by atoms with Gasteiger partial charge in [-0.2, -0.15) is 0 Å². The van der Waals surface area contributed by atoms with Crippen LogP contribution < -0.4 is 10.5 Å². The minimum absolute atomic E-state index is 0.521. The summed E-state index contributed by atoms with van der Waals surface area (Å²) in [6, 6.07) is 3.83. The molecular weight excluding hydrogens is 204 g/mol. The lowest BCUT2D eigenvalue weighted by Gasteiger charge is -2.21. The minimum atomic E-state index is 0.521. The van der Waals surface area contributed by atoms with Gasteiger partial charge in [0.05, 0.1) is 6.61 Å². The van der Waals surface area contributed by atoms with Crippen molar-refractivity contribution in [2.75, 3.05) is 19.8 Å². The molecule has 0 aromatic carbocycles. The van der Waals surface area contributed by atoms with E-state index in [4.69, 9.17) is 15.2 Å². The molecule has 0 bridgehead atoms. The number of ether oxygens (including phenoxy) is 2. The quantitative estimate of drug-likeness (QED) is 0.835. The molecule has 1 aliphatic heterocycles. The van der Waals surface area contributed by atoms with Crippen molar-refractivity contribution < 1.29 is 9.47 Å². The van der Waals surface area contributed by atoms with Crippen molar-refractivity contribution in [2.45, 2.75) is 19.4 Å². The molecule has 0 atom stereocenters. The first-order chi connectivity index (χ1) is 7.88. The van der Waals surface area contributed by atoms with E-state index < -0.39 is 0 Å².